The van der Waals surface area contributed by atoms with Crippen LogP contribution in [0.1, 0.15) is 18.7 Å². The number of aliphatic imine (C=N–C) groups is 1. The fourth-order valence-corrected chi connectivity index (χ4v) is 2.11. The fraction of sp³-hybridized carbons (Fsp3) is 0.400. The van der Waals surface area contributed by atoms with Gasteiger partial charge in [0.25, 0.3) is 0 Å². The zero-order valence-electron chi connectivity index (χ0n) is 12.8. The monoisotopic (exact) mass is 447 g/mol. The minimum Gasteiger partial charge on any atom is -0.356 e. The van der Waals surface area contributed by atoms with E-state index in [1.807, 2.05) is 12.1 Å². The van der Waals surface area contributed by atoms with Crippen LogP contribution < -0.4 is 10.6 Å². The second-order valence-corrected chi connectivity index (χ2v) is 5.71. The highest BCUT2D eigenvalue weighted by Gasteiger charge is 2.21. The van der Waals surface area contributed by atoms with E-state index in [-0.39, 0.29) is 24.0 Å². The third-order valence-electron chi connectivity index (χ3n) is 3.46. The number of hydrogen-bond acceptors (Lipinski definition) is 4. The topological polar surface area (TPSA) is 75.3 Å². The molecule has 1 aliphatic rings. The lowest BCUT2D eigenvalue weighted by molar-refractivity contribution is 0.375. The molecule has 1 aromatic carbocycles. The summed E-state index contributed by atoms with van der Waals surface area (Å²) in [6.07, 6.45) is 2.61. The van der Waals surface area contributed by atoms with Gasteiger partial charge in [0.1, 0.15) is 0 Å². The van der Waals surface area contributed by atoms with Crippen LogP contribution in [0.15, 0.2) is 33.8 Å². The molecule has 124 valence electrons. The fourth-order valence-electron chi connectivity index (χ4n) is 1.99. The van der Waals surface area contributed by atoms with Gasteiger partial charge in [-0.25, -0.2) is 0 Å². The Bertz CT molecular complexity index is 654. The number of nitrogens with zero attached hydrogens (tertiary/aromatic N) is 3. The van der Waals surface area contributed by atoms with E-state index >= 15 is 0 Å². The Kier molecular flexibility index (Phi) is 6.64. The first kappa shape index (κ1) is 18.0. The quantitative estimate of drug-likeness (QED) is 0.419. The molecule has 0 unspecified atom stereocenters. The van der Waals surface area contributed by atoms with Gasteiger partial charge < -0.3 is 15.2 Å². The van der Waals surface area contributed by atoms with Crippen molar-refractivity contribution in [3.63, 3.8) is 0 Å². The highest BCUT2D eigenvalue weighted by Crippen LogP contribution is 2.27. The van der Waals surface area contributed by atoms with Gasteiger partial charge in [-0.1, -0.05) is 16.8 Å². The van der Waals surface area contributed by atoms with Crippen molar-refractivity contribution in [3.8, 4) is 11.4 Å². The predicted octanol–water partition coefficient (Wildman–Crippen LogP) is 3.08. The van der Waals surface area contributed by atoms with Gasteiger partial charge >= 0.3 is 0 Å². The van der Waals surface area contributed by atoms with Crippen molar-refractivity contribution in [1.29, 1.82) is 0 Å². The first-order valence-corrected chi connectivity index (χ1v) is 7.65. The summed E-state index contributed by atoms with van der Waals surface area (Å²) in [5.74, 6) is 2.60. The largest absolute Gasteiger partial charge is 0.356 e. The number of rotatable bonds is 5. The number of halogens is 2. The summed E-state index contributed by atoms with van der Waals surface area (Å²) in [4.78, 5) is 8.53. The molecule has 1 fully saturated rings. The van der Waals surface area contributed by atoms with Gasteiger partial charge in [0.2, 0.25) is 11.7 Å². The highest BCUT2D eigenvalue weighted by molar-refractivity contribution is 14.0. The molecule has 3 rings (SSSR count). The molecule has 0 atom stereocenters. The molecule has 0 amide bonds. The lowest BCUT2D eigenvalue weighted by Crippen LogP contribution is -2.37. The molecule has 6 nitrogen and oxygen atoms in total. The van der Waals surface area contributed by atoms with Gasteiger partial charge in [0.05, 0.1) is 6.54 Å². The average molecular weight is 448 g/mol. The molecule has 23 heavy (non-hydrogen) atoms. The molecule has 1 heterocycles. The maximum atomic E-state index is 5.87. The molecule has 1 saturated carbocycles. The second kappa shape index (κ2) is 8.49. The lowest BCUT2D eigenvalue weighted by Gasteiger charge is -2.09. The van der Waals surface area contributed by atoms with Crippen LogP contribution in [-0.4, -0.2) is 29.7 Å². The van der Waals surface area contributed by atoms with E-state index in [1.54, 1.807) is 19.2 Å². The van der Waals surface area contributed by atoms with Gasteiger partial charge in [0, 0.05) is 24.2 Å². The normalized spacial score (nSPS) is 14.3. The van der Waals surface area contributed by atoms with Crippen LogP contribution >= 0.6 is 35.6 Å². The SMILES string of the molecule is CN=C(NCc1nc(-c2ccc(Cl)cc2)no1)NCC1CC1.I. The zero-order chi connectivity index (χ0) is 15.4. The van der Waals surface area contributed by atoms with Crippen molar-refractivity contribution in [1.82, 2.24) is 20.8 Å². The third kappa shape index (κ3) is 5.35. The first-order valence-electron chi connectivity index (χ1n) is 7.27. The summed E-state index contributed by atoms with van der Waals surface area (Å²) >= 11 is 5.87. The summed E-state index contributed by atoms with van der Waals surface area (Å²) < 4.78 is 5.24. The van der Waals surface area contributed by atoms with Crippen molar-refractivity contribution < 1.29 is 4.52 Å². The summed E-state index contributed by atoms with van der Waals surface area (Å²) in [6, 6.07) is 7.32. The van der Waals surface area contributed by atoms with Gasteiger partial charge in [-0.2, -0.15) is 4.98 Å². The Balaban J connectivity index is 0.00000192. The second-order valence-electron chi connectivity index (χ2n) is 5.27. The van der Waals surface area contributed by atoms with Gasteiger partial charge in [-0.15, -0.1) is 24.0 Å². The van der Waals surface area contributed by atoms with E-state index in [0.29, 0.717) is 23.3 Å². The minimum absolute atomic E-state index is 0. The van der Waals surface area contributed by atoms with E-state index in [9.17, 15) is 0 Å². The average Bonchev–Trinajstić information content (AvgIpc) is 3.25. The Morgan fingerprint density at radius 2 is 2.04 bits per heavy atom. The first-order chi connectivity index (χ1) is 10.7. The number of hydrogen-bond donors (Lipinski definition) is 2. The number of aromatic nitrogens is 2. The van der Waals surface area contributed by atoms with Gasteiger partial charge in [0.15, 0.2) is 5.96 Å². The zero-order valence-corrected chi connectivity index (χ0v) is 15.8. The number of benzene rings is 1. The smallest absolute Gasteiger partial charge is 0.246 e. The molecule has 0 radical (unpaired) electrons. The van der Waals surface area contributed by atoms with E-state index in [1.165, 1.54) is 12.8 Å². The van der Waals surface area contributed by atoms with Crippen molar-refractivity contribution in [2.45, 2.75) is 19.4 Å². The molecule has 0 aliphatic heterocycles. The molecule has 1 aromatic heterocycles. The molecule has 8 heteroatoms. The van der Waals surface area contributed by atoms with Crippen LogP contribution in [-0.2, 0) is 6.54 Å². The maximum Gasteiger partial charge on any atom is 0.246 e. The van der Waals surface area contributed by atoms with Crippen molar-refractivity contribution in [2.75, 3.05) is 13.6 Å². The Morgan fingerprint density at radius 1 is 1.30 bits per heavy atom. The lowest BCUT2D eigenvalue weighted by atomic mass is 10.2. The van der Waals surface area contributed by atoms with Gasteiger partial charge in [-0.3, -0.25) is 4.99 Å². The van der Waals surface area contributed by atoms with Crippen LogP contribution in [0.4, 0.5) is 0 Å². The maximum absolute atomic E-state index is 5.87. The predicted molar refractivity (Wildman–Crippen MR) is 101 cm³/mol. The third-order valence-corrected chi connectivity index (χ3v) is 3.71. The molecule has 2 aromatic rings. The van der Waals surface area contributed by atoms with Crippen LogP contribution in [0, 0.1) is 5.92 Å². The summed E-state index contributed by atoms with van der Waals surface area (Å²) in [5.41, 5.74) is 0.871. The standard InChI is InChI=1S/C15H18ClN5O.HI/c1-17-15(18-8-10-2-3-10)19-9-13-20-14(21-22-13)11-4-6-12(16)7-5-11;/h4-7,10H,2-3,8-9H2,1H3,(H2,17,18,19);1H. The summed E-state index contributed by atoms with van der Waals surface area (Å²) in [5, 5.41) is 11.1. The molecular weight excluding hydrogens is 429 g/mol. The van der Waals surface area contributed by atoms with Crippen LogP contribution in [0.5, 0.6) is 0 Å². The van der Waals surface area contributed by atoms with E-state index in [4.69, 9.17) is 16.1 Å². The minimum atomic E-state index is 0. The summed E-state index contributed by atoms with van der Waals surface area (Å²) in [6.45, 7) is 1.39. The number of guanidine groups is 1. The van der Waals surface area contributed by atoms with E-state index in [2.05, 4.69) is 25.8 Å². The highest BCUT2D eigenvalue weighted by atomic mass is 127. The van der Waals surface area contributed by atoms with Crippen LogP contribution in [0.25, 0.3) is 11.4 Å². The van der Waals surface area contributed by atoms with Crippen molar-refractivity contribution in [2.24, 2.45) is 10.9 Å². The van der Waals surface area contributed by atoms with E-state index in [0.717, 1.165) is 24.0 Å². The molecule has 0 bridgehead atoms. The van der Waals surface area contributed by atoms with E-state index < -0.39 is 0 Å². The van der Waals surface area contributed by atoms with Crippen LogP contribution in [0.2, 0.25) is 5.02 Å². The van der Waals surface area contributed by atoms with Crippen LogP contribution in [0.3, 0.4) is 0 Å². The Hall–Kier alpha value is -1.35. The van der Waals surface area contributed by atoms with Crippen molar-refractivity contribution in [3.05, 3.63) is 35.2 Å². The number of nitrogens with one attached hydrogen (secondary N) is 2. The molecule has 0 spiro atoms. The van der Waals surface area contributed by atoms with Gasteiger partial charge in [-0.05, 0) is 43.0 Å². The molecular formula is C15H19ClIN5O. The Labute approximate surface area is 157 Å². The molecule has 2 N–H and O–H groups in total. The van der Waals surface area contributed by atoms with Crippen molar-refractivity contribution >= 4 is 41.5 Å². The Morgan fingerprint density at radius 3 is 2.70 bits per heavy atom. The molecule has 1 aliphatic carbocycles. The summed E-state index contributed by atoms with van der Waals surface area (Å²) in [7, 11) is 1.75. The molecule has 0 saturated heterocycles.